The Morgan fingerprint density at radius 3 is 2.96 bits per heavy atom. The minimum Gasteiger partial charge on any atom is -0.493 e. The van der Waals surface area contributed by atoms with Crippen LogP contribution in [0.1, 0.15) is 13.3 Å². The number of nitriles is 1. The van der Waals surface area contributed by atoms with Crippen molar-refractivity contribution < 1.29 is 9.53 Å². The Morgan fingerprint density at radius 1 is 1.39 bits per heavy atom. The van der Waals surface area contributed by atoms with Crippen molar-refractivity contribution in [1.29, 1.82) is 5.26 Å². The molecule has 7 nitrogen and oxygen atoms in total. The van der Waals surface area contributed by atoms with Crippen LogP contribution in [0.3, 0.4) is 0 Å². The Kier molecular flexibility index (Phi) is 4.53. The highest BCUT2D eigenvalue weighted by Crippen LogP contribution is 2.38. The van der Waals surface area contributed by atoms with E-state index in [1.165, 1.54) is 0 Å². The Bertz CT molecular complexity index is 1110. The molecule has 3 N–H and O–H groups in total. The van der Waals surface area contributed by atoms with E-state index in [1.54, 1.807) is 12.3 Å². The van der Waals surface area contributed by atoms with E-state index in [0.717, 1.165) is 16.7 Å². The molecule has 0 spiro atoms. The van der Waals surface area contributed by atoms with Crippen LogP contribution in [-0.2, 0) is 4.79 Å². The largest absolute Gasteiger partial charge is 0.493 e. The fourth-order valence-electron chi connectivity index (χ4n) is 3.19. The van der Waals surface area contributed by atoms with Gasteiger partial charge in [-0.2, -0.15) is 5.26 Å². The number of aromatic nitrogens is 2. The molecule has 1 saturated carbocycles. The first-order valence-electron chi connectivity index (χ1n) is 9.09. The molecule has 0 saturated heterocycles. The standard InChI is InChI=1S/C21H19N5O2/c1-2-28-18-6-4-3-5-14(18)17-8-12-9-19(24-11-16(12)20(23)25-17)26-21(27)15-7-13(15)10-22/h3-6,8-9,11,13,15H,2,7H2,1H3,(H2,23,25)(H,24,26,27)/t13-,15+/m1/s1. The Morgan fingerprint density at radius 2 is 2.21 bits per heavy atom. The lowest BCUT2D eigenvalue weighted by Crippen LogP contribution is -2.15. The van der Waals surface area contributed by atoms with Crippen LogP contribution in [0.5, 0.6) is 5.75 Å². The van der Waals surface area contributed by atoms with Crippen LogP contribution in [0.4, 0.5) is 11.6 Å². The predicted octanol–water partition coefficient (Wildman–Crippen LogP) is 3.38. The predicted molar refractivity (Wildman–Crippen MR) is 106 cm³/mol. The van der Waals surface area contributed by atoms with Crippen molar-refractivity contribution in [3.05, 3.63) is 42.6 Å². The molecule has 0 aliphatic heterocycles. The number of hydrogen-bond acceptors (Lipinski definition) is 6. The van der Waals surface area contributed by atoms with Crippen molar-refractivity contribution in [1.82, 2.24) is 9.97 Å². The van der Waals surface area contributed by atoms with Gasteiger partial charge in [-0.25, -0.2) is 9.97 Å². The molecule has 1 aliphatic carbocycles. The molecule has 1 aromatic carbocycles. The van der Waals surface area contributed by atoms with Gasteiger partial charge < -0.3 is 15.8 Å². The third-order valence-electron chi connectivity index (χ3n) is 4.75. The van der Waals surface area contributed by atoms with E-state index in [0.29, 0.717) is 35.7 Å². The lowest BCUT2D eigenvalue weighted by molar-refractivity contribution is -0.117. The van der Waals surface area contributed by atoms with Gasteiger partial charge in [-0.3, -0.25) is 4.79 Å². The maximum Gasteiger partial charge on any atom is 0.230 e. The Labute approximate surface area is 162 Å². The molecule has 2 aromatic heterocycles. The zero-order valence-corrected chi connectivity index (χ0v) is 15.3. The van der Waals surface area contributed by atoms with Gasteiger partial charge in [0, 0.05) is 17.1 Å². The van der Waals surface area contributed by atoms with Gasteiger partial charge in [0.25, 0.3) is 0 Å². The van der Waals surface area contributed by atoms with Crippen LogP contribution in [-0.4, -0.2) is 22.5 Å². The van der Waals surface area contributed by atoms with Crippen molar-refractivity contribution in [2.45, 2.75) is 13.3 Å². The van der Waals surface area contributed by atoms with E-state index in [1.807, 2.05) is 37.3 Å². The monoisotopic (exact) mass is 373 g/mol. The first-order valence-corrected chi connectivity index (χ1v) is 9.09. The fourth-order valence-corrected chi connectivity index (χ4v) is 3.19. The summed E-state index contributed by atoms with van der Waals surface area (Å²) in [6.45, 7) is 2.47. The minimum absolute atomic E-state index is 0.178. The second-order valence-electron chi connectivity index (χ2n) is 6.68. The Hall–Kier alpha value is -3.66. The van der Waals surface area contributed by atoms with Crippen LogP contribution in [0.25, 0.3) is 22.0 Å². The summed E-state index contributed by atoms with van der Waals surface area (Å²) in [4.78, 5) is 21.0. The summed E-state index contributed by atoms with van der Waals surface area (Å²) in [6.07, 6.45) is 2.20. The molecule has 1 fully saturated rings. The van der Waals surface area contributed by atoms with Gasteiger partial charge in [0.15, 0.2) is 0 Å². The molecule has 0 unspecified atom stereocenters. The molecule has 140 valence electrons. The lowest BCUT2D eigenvalue weighted by atomic mass is 10.1. The molecule has 2 heterocycles. The average Bonchev–Trinajstić information content (AvgIpc) is 3.48. The number of fused-ring (bicyclic) bond motifs is 1. The lowest BCUT2D eigenvalue weighted by Gasteiger charge is -2.12. The van der Waals surface area contributed by atoms with E-state index in [9.17, 15) is 4.79 Å². The maximum absolute atomic E-state index is 12.2. The molecule has 0 radical (unpaired) electrons. The molecule has 28 heavy (non-hydrogen) atoms. The summed E-state index contributed by atoms with van der Waals surface area (Å²) in [5.74, 6) is 0.893. The summed E-state index contributed by atoms with van der Waals surface area (Å²) in [7, 11) is 0. The molecule has 7 heteroatoms. The van der Waals surface area contributed by atoms with Gasteiger partial charge in [0.1, 0.15) is 17.4 Å². The number of ether oxygens (including phenoxy) is 1. The molecular weight excluding hydrogens is 354 g/mol. The highest BCUT2D eigenvalue weighted by molar-refractivity contribution is 5.98. The summed E-state index contributed by atoms with van der Waals surface area (Å²) in [5.41, 5.74) is 7.68. The van der Waals surface area contributed by atoms with E-state index < -0.39 is 0 Å². The van der Waals surface area contributed by atoms with E-state index in [2.05, 4.69) is 21.4 Å². The van der Waals surface area contributed by atoms with Crippen molar-refractivity contribution >= 4 is 28.3 Å². The van der Waals surface area contributed by atoms with Crippen LogP contribution in [0, 0.1) is 23.2 Å². The summed E-state index contributed by atoms with van der Waals surface area (Å²) in [6, 6.07) is 13.4. The number of amides is 1. The number of para-hydroxylation sites is 1. The number of benzene rings is 1. The topological polar surface area (TPSA) is 114 Å². The van der Waals surface area contributed by atoms with Gasteiger partial charge >= 0.3 is 0 Å². The summed E-state index contributed by atoms with van der Waals surface area (Å²) >= 11 is 0. The molecule has 3 aromatic rings. The number of rotatable bonds is 5. The molecule has 0 bridgehead atoms. The van der Waals surface area contributed by atoms with Gasteiger partial charge in [0.2, 0.25) is 5.91 Å². The minimum atomic E-state index is -0.251. The summed E-state index contributed by atoms with van der Waals surface area (Å²) in [5, 5.41) is 13.2. The second kappa shape index (κ2) is 7.16. The highest BCUT2D eigenvalue weighted by Gasteiger charge is 2.43. The number of carbonyl (C=O) groups is 1. The smallest absolute Gasteiger partial charge is 0.230 e. The average molecular weight is 373 g/mol. The number of hydrogen-bond donors (Lipinski definition) is 2. The number of nitrogens with zero attached hydrogens (tertiary/aromatic N) is 3. The first-order chi connectivity index (χ1) is 13.6. The molecule has 1 aliphatic rings. The highest BCUT2D eigenvalue weighted by atomic mass is 16.5. The van der Waals surface area contributed by atoms with Crippen LogP contribution in [0.2, 0.25) is 0 Å². The quantitative estimate of drug-likeness (QED) is 0.709. The van der Waals surface area contributed by atoms with Crippen molar-refractivity contribution in [2.75, 3.05) is 17.7 Å². The molecule has 4 rings (SSSR count). The molecule has 1 amide bonds. The fraction of sp³-hybridized carbons (Fsp3) is 0.238. The third kappa shape index (κ3) is 3.32. The van der Waals surface area contributed by atoms with Crippen molar-refractivity contribution in [2.24, 2.45) is 11.8 Å². The number of nitrogens with two attached hydrogens (primary N) is 1. The number of nitrogens with one attached hydrogen (secondary N) is 1. The van der Waals surface area contributed by atoms with Crippen molar-refractivity contribution in [3.8, 4) is 23.1 Å². The maximum atomic E-state index is 12.2. The normalized spacial score (nSPS) is 17.7. The van der Waals surface area contributed by atoms with E-state index in [4.69, 9.17) is 15.7 Å². The Balaban J connectivity index is 1.69. The number of pyridine rings is 2. The summed E-state index contributed by atoms with van der Waals surface area (Å²) < 4.78 is 5.70. The van der Waals surface area contributed by atoms with E-state index >= 15 is 0 Å². The van der Waals surface area contributed by atoms with Crippen LogP contribution < -0.4 is 15.8 Å². The van der Waals surface area contributed by atoms with Crippen LogP contribution in [0.15, 0.2) is 42.6 Å². The van der Waals surface area contributed by atoms with Gasteiger partial charge in [-0.05, 0) is 43.0 Å². The first kappa shape index (κ1) is 17.7. The van der Waals surface area contributed by atoms with Crippen LogP contribution >= 0.6 is 0 Å². The van der Waals surface area contributed by atoms with Gasteiger partial charge in [0.05, 0.1) is 30.2 Å². The van der Waals surface area contributed by atoms with Gasteiger partial charge in [-0.15, -0.1) is 0 Å². The second-order valence-corrected chi connectivity index (χ2v) is 6.68. The van der Waals surface area contributed by atoms with E-state index in [-0.39, 0.29) is 17.7 Å². The SMILES string of the molecule is CCOc1ccccc1-c1cc2cc(NC(=O)[C@H]3C[C@@H]3C#N)ncc2c(N)n1. The third-order valence-corrected chi connectivity index (χ3v) is 4.75. The number of anilines is 2. The zero-order chi connectivity index (χ0) is 19.7. The van der Waals surface area contributed by atoms with Gasteiger partial charge in [-0.1, -0.05) is 12.1 Å². The molecular formula is C21H19N5O2. The number of carbonyl (C=O) groups excluding carboxylic acids is 1. The molecule has 2 atom stereocenters. The number of nitrogen functional groups attached to an aromatic ring is 1. The zero-order valence-electron chi connectivity index (χ0n) is 15.3. The van der Waals surface area contributed by atoms with Crippen molar-refractivity contribution in [3.63, 3.8) is 0 Å².